The number of ether oxygens (including phenoxy) is 2. The Morgan fingerprint density at radius 2 is 1.69 bits per heavy atom. The maximum atomic E-state index is 12.2. The van der Waals surface area contributed by atoms with E-state index in [1.54, 1.807) is 25.3 Å². The van der Waals surface area contributed by atoms with Gasteiger partial charge in [0.15, 0.2) is 6.61 Å². The van der Waals surface area contributed by atoms with Crippen LogP contribution in [0.1, 0.15) is 12.5 Å². The molecule has 0 radical (unpaired) electrons. The Hall–Kier alpha value is -2.91. The normalized spacial score (nSPS) is 12.1. The maximum absolute atomic E-state index is 12.2. The molecule has 0 saturated heterocycles. The second kappa shape index (κ2) is 10.6. The number of methoxy groups -OCH3 is 1. The van der Waals surface area contributed by atoms with Gasteiger partial charge in [-0.2, -0.15) is 4.72 Å². The van der Waals surface area contributed by atoms with Crippen molar-refractivity contribution in [1.82, 2.24) is 10.0 Å². The first kappa shape index (κ1) is 22.4. The van der Waals surface area contributed by atoms with Crippen molar-refractivity contribution >= 4 is 21.9 Å². The van der Waals surface area contributed by atoms with E-state index < -0.39 is 34.5 Å². The van der Waals surface area contributed by atoms with Crippen LogP contribution in [0.4, 0.5) is 0 Å². The van der Waals surface area contributed by atoms with Crippen molar-refractivity contribution in [1.29, 1.82) is 0 Å². The lowest BCUT2D eigenvalue weighted by molar-refractivity contribution is -0.149. The van der Waals surface area contributed by atoms with Crippen molar-refractivity contribution in [3.05, 3.63) is 60.2 Å². The van der Waals surface area contributed by atoms with E-state index in [4.69, 9.17) is 9.47 Å². The molecular formula is C20H24N2O6S. The van der Waals surface area contributed by atoms with Gasteiger partial charge in [-0.3, -0.25) is 9.59 Å². The standard InChI is InChI=1S/C20H24N2O6S/c1-15(22-29(25,26)18-6-4-3-5-7-18)20(24)28-14-19(23)21-13-12-16-8-10-17(27-2)11-9-16/h3-11,15,22H,12-14H2,1-2H3,(H,21,23)/t15-/m0/s1. The van der Waals surface area contributed by atoms with Gasteiger partial charge in [-0.25, -0.2) is 8.42 Å². The molecule has 0 aliphatic carbocycles. The molecule has 1 atom stereocenters. The molecule has 0 aliphatic heterocycles. The summed E-state index contributed by atoms with van der Waals surface area (Å²) in [7, 11) is -2.27. The molecule has 2 N–H and O–H groups in total. The number of benzene rings is 2. The highest BCUT2D eigenvalue weighted by atomic mass is 32.2. The lowest BCUT2D eigenvalue weighted by Crippen LogP contribution is -2.41. The fraction of sp³-hybridized carbons (Fsp3) is 0.300. The minimum Gasteiger partial charge on any atom is -0.497 e. The molecule has 156 valence electrons. The number of nitrogens with one attached hydrogen (secondary N) is 2. The zero-order valence-corrected chi connectivity index (χ0v) is 17.1. The van der Waals surface area contributed by atoms with Gasteiger partial charge < -0.3 is 14.8 Å². The summed E-state index contributed by atoms with van der Waals surface area (Å²) in [6, 6.07) is 14.0. The van der Waals surface area contributed by atoms with Crippen molar-refractivity contribution < 1.29 is 27.5 Å². The summed E-state index contributed by atoms with van der Waals surface area (Å²) in [5.74, 6) is -0.554. The first-order chi connectivity index (χ1) is 13.8. The number of amides is 1. The van der Waals surface area contributed by atoms with Crippen LogP contribution in [-0.2, 0) is 30.8 Å². The Balaban J connectivity index is 1.72. The van der Waals surface area contributed by atoms with E-state index in [-0.39, 0.29) is 4.90 Å². The zero-order chi connectivity index (χ0) is 21.3. The average Bonchev–Trinajstić information content (AvgIpc) is 2.72. The van der Waals surface area contributed by atoms with E-state index in [1.807, 2.05) is 24.3 Å². The summed E-state index contributed by atoms with van der Waals surface area (Å²) in [6.07, 6.45) is 0.608. The van der Waals surface area contributed by atoms with Gasteiger partial charge in [0.1, 0.15) is 11.8 Å². The minimum atomic E-state index is -3.85. The summed E-state index contributed by atoms with van der Waals surface area (Å²) in [5.41, 5.74) is 1.02. The van der Waals surface area contributed by atoms with E-state index in [2.05, 4.69) is 10.0 Å². The van der Waals surface area contributed by atoms with E-state index in [0.717, 1.165) is 11.3 Å². The largest absolute Gasteiger partial charge is 0.497 e. The van der Waals surface area contributed by atoms with Crippen LogP contribution in [0.5, 0.6) is 5.75 Å². The number of carbonyl (C=O) groups is 2. The molecule has 0 aliphatic rings. The summed E-state index contributed by atoms with van der Waals surface area (Å²) >= 11 is 0. The van der Waals surface area contributed by atoms with Crippen molar-refractivity contribution in [3.63, 3.8) is 0 Å². The highest BCUT2D eigenvalue weighted by Gasteiger charge is 2.23. The molecule has 0 fully saturated rings. The molecular weight excluding hydrogens is 396 g/mol. The van der Waals surface area contributed by atoms with Crippen LogP contribution in [0, 0.1) is 0 Å². The van der Waals surface area contributed by atoms with Gasteiger partial charge >= 0.3 is 5.97 Å². The monoisotopic (exact) mass is 420 g/mol. The van der Waals surface area contributed by atoms with Crippen molar-refractivity contribution in [2.75, 3.05) is 20.3 Å². The van der Waals surface area contributed by atoms with Crippen LogP contribution in [-0.4, -0.2) is 46.6 Å². The van der Waals surface area contributed by atoms with E-state index in [0.29, 0.717) is 13.0 Å². The SMILES string of the molecule is COc1ccc(CCNC(=O)COC(=O)[C@H](C)NS(=O)(=O)c2ccccc2)cc1. The molecule has 0 aromatic heterocycles. The fourth-order valence-electron chi connectivity index (χ4n) is 2.40. The van der Waals surface area contributed by atoms with Gasteiger partial charge in [-0.1, -0.05) is 30.3 Å². The van der Waals surface area contributed by atoms with Gasteiger partial charge in [-0.15, -0.1) is 0 Å². The zero-order valence-electron chi connectivity index (χ0n) is 16.3. The van der Waals surface area contributed by atoms with Gasteiger partial charge in [0.05, 0.1) is 12.0 Å². The molecule has 0 bridgehead atoms. The maximum Gasteiger partial charge on any atom is 0.324 e. The van der Waals surface area contributed by atoms with E-state index in [9.17, 15) is 18.0 Å². The summed E-state index contributed by atoms with van der Waals surface area (Å²) in [6.45, 7) is 1.24. The molecule has 0 unspecified atom stereocenters. The lowest BCUT2D eigenvalue weighted by Gasteiger charge is -2.14. The fourth-order valence-corrected chi connectivity index (χ4v) is 3.61. The molecule has 1 amide bonds. The van der Waals surface area contributed by atoms with Crippen LogP contribution in [0.15, 0.2) is 59.5 Å². The molecule has 29 heavy (non-hydrogen) atoms. The third kappa shape index (κ3) is 7.20. The predicted octanol–water partition coefficient (Wildman–Crippen LogP) is 1.26. The van der Waals surface area contributed by atoms with Crippen LogP contribution >= 0.6 is 0 Å². The summed E-state index contributed by atoms with van der Waals surface area (Å²) in [4.78, 5) is 23.8. The lowest BCUT2D eigenvalue weighted by atomic mass is 10.1. The predicted molar refractivity (Wildman–Crippen MR) is 107 cm³/mol. The first-order valence-electron chi connectivity index (χ1n) is 8.95. The quantitative estimate of drug-likeness (QED) is 0.560. The van der Waals surface area contributed by atoms with Gasteiger partial charge in [0.2, 0.25) is 10.0 Å². The number of carbonyl (C=O) groups excluding carboxylic acids is 2. The molecule has 2 aromatic rings. The molecule has 8 nitrogen and oxygen atoms in total. The molecule has 2 rings (SSSR count). The smallest absolute Gasteiger partial charge is 0.324 e. The molecule has 2 aromatic carbocycles. The Labute approximate surface area is 170 Å². The Morgan fingerprint density at radius 3 is 2.31 bits per heavy atom. The van der Waals surface area contributed by atoms with Gasteiger partial charge in [0, 0.05) is 6.54 Å². The van der Waals surface area contributed by atoms with Crippen LogP contribution in [0.2, 0.25) is 0 Å². The summed E-state index contributed by atoms with van der Waals surface area (Å²) in [5, 5.41) is 2.64. The van der Waals surface area contributed by atoms with Crippen molar-refractivity contribution in [2.45, 2.75) is 24.3 Å². The average molecular weight is 420 g/mol. The van der Waals surface area contributed by atoms with Crippen molar-refractivity contribution in [2.24, 2.45) is 0 Å². The molecule has 0 spiro atoms. The number of sulfonamides is 1. The highest BCUT2D eigenvalue weighted by molar-refractivity contribution is 7.89. The van der Waals surface area contributed by atoms with Gasteiger partial charge in [-0.05, 0) is 43.2 Å². The third-order valence-corrected chi connectivity index (χ3v) is 5.54. The second-order valence-electron chi connectivity index (χ2n) is 6.21. The molecule has 0 saturated carbocycles. The Morgan fingerprint density at radius 1 is 1.03 bits per heavy atom. The minimum absolute atomic E-state index is 0.0379. The summed E-state index contributed by atoms with van der Waals surface area (Å²) < 4.78 is 36.6. The third-order valence-electron chi connectivity index (χ3n) is 3.98. The number of rotatable bonds is 10. The Kier molecular flexibility index (Phi) is 8.17. The number of hydrogen-bond donors (Lipinski definition) is 2. The number of esters is 1. The number of hydrogen-bond acceptors (Lipinski definition) is 6. The van der Waals surface area contributed by atoms with Crippen LogP contribution < -0.4 is 14.8 Å². The van der Waals surface area contributed by atoms with E-state index >= 15 is 0 Å². The topological polar surface area (TPSA) is 111 Å². The molecule has 0 heterocycles. The van der Waals surface area contributed by atoms with Crippen LogP contribution in [0.25, 0.3) is 0 Å². The van der Waals surface area contributed by atoms with Crippen LogP contribution in [0.3, 0.4) is 0 Å². The highest BCUT2D eigenvalue weighted by Crippen LogP contribution is 2.11. The van der Waals surface area contributed by atoms with Crippen molar-refractivity contribution in [3.8, 4) is 5.75 Å². The molecule has 9 heteroatoms. The second-order valence-corrected chi connectivity index (χ2v) is 7.93. The van der Waals surface area contributed by atoms with Gasteiger partial charge in [0.25, 0.3) is 5.91 Å². The Bertz CT molecular complexity index is 914. The first-order valence-corrected chi connectivity index (χ1v) is 10.4. The van der Waals surface area contributed by atoms with E-state index in [1.165, 1.54) is 19.1 Å².